The van der Waals surface area contributed by atoms with Crippen LogP contribution in [0.3, 0.4) is 0 Å². The van der Waals surface area contributed by atoms with E-state index in [-0.39, 0.29) is 11.2 Å². The normalized spacial score (nSPS) is 11.0. The van der Waals surface area contributed by atoms with Gasteiger partial charge >= 0.3 is 0 Å². The topological polar surface area (TPSA) is 50.8 Å². The van der Waals surface area contributed by atoms with Crippen molar-refractivity contribution < 1.29 is 0 Å². The molecule has 4 aromatic rings. The number of rotatable bonds is 4. The molecule has 0 amide bonds. The summed E-state index contributed by atoms with van der Waals surface area (Å²) in [5, 5.41) is 9.97. The third-order valence-corrected chi connectivity index (χ3v) is 4.87. The fourth-order valence-electron chi connectivity index (χ4n) is 3.24. The van der Waals surface area contributed by atoms with E-state index in [1.54, 1.807) is 12.1 Å². The zero-order chi connectivity index (χ0) is 18.8. The molecule has 0 aliphatic rings. The van der Waals surface area contributed by atoms with E-state index >= 15 is 0 Å². The molecule has 3 aromatic carbocycles. The fourth-order valence-corrected chi connectivity index (χ4v) is 3.36. The van der Waals surface area contributed by atoms with Crippen LogP contribution in [0.2, 0.25) is 5.02 Å². The van der Waals surface area contributed by atoms with Gasteiger partial charge in [-0.05, 0) is 35.4 Å². The third-order valence-electron chi connectivity index (χ3n) is 4.62. The van der Waals surface area contributed by atoms with E-state index in [1.165, 1.54) is 4.57 Å². The second kappa shape index (κ2) is 7.25. The number of halogens is 1. The predicted octanol–water partition coefficient (Wildman–Crippen LogP) is 4.03. The summed E-state index contributed by atoms with van der Waals surface area (Å²) >= 11 is 5.96. The Morgan fingerprint density at radius 2 is 1.33 bits per heavy atom. The summed E-state index contributed by atoms with van der Waals surface area (Å²) in [6, 6.07) is 24.8. The molecule has 0 aliphatic heterocycles. The van der Waals surface area contributed by atoms with Crippen molar-refractivity contribution in [2.75, 3.05) is 0 Å². The molecule has 0 spiro atoms. The first-order chi connectivity index (χ1) is 13.1. The molecule has 5 heteroatoms. The third kappa shape index (κ3) is 3.44. The van der Waals surface area contributed by atoms with Crippen LogP contribution in [0.5, 0.6) is 0 Å². The number of aromatic nitrogens is 2. The molecule has 27 heavy (non-hydrogen) atoms. The van der Waals surface area contributed by atoms with Crippen molar-refractivity contribution in [2.24, 2.45) is 0 Å². The highest BCUT2D eigenvalue weighted by Crippen LogP contribution is 2.12. The van der Waals surface area contributed by atoms with Crippen molar-refractivity contribution in [1.29, 1.82) is 5.41 Å². The minimum Gasteiger partial charge on any atom is -0.307 e. The van der Waals surface area contributed by atoms with E-state index in [4.69, 9.17) is 17.0 Å². The number of hydrogen-bond donors (Lipinski definition) is 1. The van der Waals surface area contributed by atoms with Gasteiger partial charge in [-0.15, -0.1) is 0 Å². The standard InChI is InChI=1S/C22H18ClN3O/c23-18-12-10-17(11-13-18)15-26-21(27)19-8-4-5-9-20(19)25(22(26)24)14-16-6-2-1-3-7-16/h1-13,24H,14-15H2. The van der Waals surface area contributed by atoms with Gasteiger partial charge in [0.05, 0.1) is 24.0 Å². The Morgan fingerprint density at radius 3 is 2.07 bits per heavy atom. The Hall–Kier alpha value is -3.11. The van der Waals surface area contributed by atoms with E-state index in [1.807, 2.05) is 71.3 Å². The molecule has 4 nitrogen and oxygen atoms in total. The first-order valence-electron chi connectivity index (χ1n) is 8.69. The van der Waals surface area contributed by atoms with Gasteiger partial charge in [0.25, 0.3) is 5.56 Å². The summed E-state index contributed by atoms with van der Waals surface area (Å²) in [5.41, 5.74) is 2.80. The number of fused-ring (bicyclic) bond motifs is 1. The largest absolute Gasteiger partial charge is 0.307 e. The van der Waals surface area contributed by atoms with Crippen molar-refractivity contribution in [3.8, 4) is 0 Å². The number of nitrogens with one attached hydrogen (secondary N) is 1. The average molecular weight is 376 g/mol. The van der Waals surface area contributed by atoms with Crippen LogP contribution in [-0.4, -0.2) is 9.13 Å². The van der Waals surface area contributed by atoms with Gasteiger partial charge in [-0.1, -0.05) is 66.2 Å². The highest BCUT2D eigenvalue weighted by atomic mass is 35.5. The number of hydrogen-bond acceptors (Lipinski definition) is 2. The van der Waals surface area contributed by atoms with Crippen LogP contribution in [0, 0.1) is 5.41 Å². The molecule has 0 radical (unpaired) electrons. The summed E-state index contributed by atoms with van der Waals surface area (Å²) in [5.74, 6) is 0. The van der Waals surface area contributed by atoms with Crippen LogP contribution in [0.15, 0.2) is 83.7 Å². The van der Waals surface area contributed by atoms with E-state index in [0.717, 1.165) is 16.6 Å². The number of benzene rings is 3. The van der Waals surface area contributed by atoms with E-state index in [0.29, 0.717) is 23.5 Å². The van der Waals surface area contributed by atoms with E-state index in [9.17, 15) is 4.79 Å². The highest BCUT2D eigenvalue weighted by Gasteiger charge is 2.11. The van der Waals surface area contributed by atoms with Crippen molar-refractivity contribution in [3.05, 3.63) is 111 Å². The van der Waals surface area contributed by atoms with Gasteiger partial charge in [0.2, 0.25) is 5.62 Å². The smallest absolute Gasteiger partial charge is 0.263 e. The molecule has 134 valence electrons. The maximum absolute atomic E-state index is 13.0. The van der Waals surface area contributed by atoms with Gasteiger partial charge in [0.1, 0.15) is 0 Å². The van der Waals surface area contributed by atoms with Gasteiger partial charge in [-0.2, -0.15) is 0 Å². The quantitative estimate of drug-likeness (QED) is 0.575. The lowest BCUT2D eigenvalue weighted by atomic mass is 10.2. The van der Waals surface area contributed by atoms with Crippen LogP contribution in [0.1, 0.15) is 11.1 Å². The van der Waals surface area contributed by atoms with Crippen molar-refractivity contribution >= 4 is 22.5 Å². The van der Waals surface area contributed by atoms with Gasteiger partial charge in [0.15, 0.2) is 0 Å². The monoisotopic (exact) mass is 375 g/mol. The van der Waals surface area contributed by atoms with Crippen LogP contribution >= 0.6 is 11.6 Å². The minimum atomic E-state index is -0.158. The summed E-state index contributed by atoms with van der Waals surface area (Å²) in [7, 11) is 0. The SMILES string of the molecule is N=c1n(Cc2ccc(Cl)cc2)c(=O)c2ccccc2n1Cc1ccccc1. The molecule has 1 aromatic heterocycles. The summed E-state index contributed by atoms with van der Waals surface area (Å²) in [6.07, 6.45) is 0. The Bertz CT molecular complexity index is 1210. The lowest BCUT2D eigenvalue weighted by molar-refractivity contribution is 0.603. The highest BCUT2D eigenvalue weighted by molar-refractivity contribution is 6.30. The van der Waals surface area contributed by atoms with Gasteiger partial charge in [0, 0.05) is 5.02 Å². The Kier molecular flexibility index (Phi) is 4.65. The van der Waals surface area contributed by atoms with E-state index < -0.39 is 0 Å². The molecule has 0 aliphatic carbocycles. The molecule has 0 saturated heterocycles. The molecule has 0 fully saturated rings. The second-order valence-corrected chi connectivity index (χ2v) is 6.87. The molecular formula is C22H18ClN3O. The molecule has 0 unspecified atom stereocenters. The maximum atomic E-state index is 13.0. The van der Waals surface area contributed by atoms with Crippen molar-refractivity contribution in [1.82, 2.24) is 9.13 Å². The zero-order valence-corrected chi connectivity index (χ0v) is 15.4. The van der Waals surface area contributed by atoms with Gasteiger partial charge < -0.3 is 4.57 Å². The first-order valence-corrected chi connectivity index (χ1v) is 9.06. The van der Waals surface area contributed by atoms with Gasteiger partial charge in [-0.25, -0.2) is 0 Å². The van der Waals surface area contributed by atoms with E-state index in [2.05, 4.69) is 0 Å². The molecule has 0 atom stereocenters. The lowest BCUT2D eigenvalue weighted by Crippen LogP contribution is -2.40. The molecule has 0 saturated carbocycles. The van der Waals surface area contributed by atoms with Crippen LogP contribution in [0.4, 0.5) is 0 Å². The Morgan fingerprint density at radius 1 is 0.741 bits per heavy atom. The molecule has 1 heterocycles. The molecule has 4 rings (SSSR count). The second-order valence-electron chi connectivity index (χ2n) is 6.43. The van der Waals surface area contributed by atoms with Crippen LogP contribution in [0.25, 0.3) is 10.9 Å². The predicted molar refractivity (Wildman–Crippen MR) is 108 cm³/mol. The number of nitrogens with zero attached hydrogens (tertiary/aromatic N) is 2. The lowest BCUT2D eigenvalue weighted by Gasteiger charge is -2.16. The summed E-state index contributed by atoms with van der Waals surface area (Å²) in [6.45, 7) is 0.857. The summed E-state index contributed by atoms with van der Waals surface area (Å²) < 4.78 is 3.39. The average Bonchev–Trinajstić information content (AvgIpc) is 2.71. The first kappa shape index (κ1) is 17.3. The molecule has 1 N–H and O–H groups in total. The Labute approximate surface area is 161 Å². The Balaban J connectivity index is 1.90. The molecule has 0 bridgehead atoms. The minimum absolute atomic E-state index is 0.158. The summed E-state index contributed by atoms with van der Waals surface area (Å²) in [4.78, 5) is 13.0. The zero-order valence-electron chi connectivity index (χ0n) is 14.6. The molecular weight excluding hydrogens is 358 g/mol. The fraction of sp³-hybridized carbons (Fsp3) is 0.0909. The van der Waals surface area contributed by atoms with Crippen molar-refractivity contribution in [3.63, 3.8) is 0 Å². The van der Waals surface area contributed by atoms with Crippen LogP contribution in [-0.2, 0) is 13.1 Å². The number of para-hydroxylation sites is 1. The van der Waals surface area contributed by atoms with Crippen LogP contribution < -0.4 is 11.2 Å². The maximum Gasteiger partial charge on any atom is 0.263 e. The van der Waals surface area contributed by atoms with Gasteiger partial charge in [-0.3, -0.25) is 14.8 Å². The van der Waals surface area contributed by atoms with Crippen molar-refractivity contribution in [2.45, 2.75) is 13.1 Å².